The summed E-state index contributed by atoms with van der Waals surface area (Å²) in [4.78, 5) is 0. The Morgan fingerprint density at radius 1 is 1.00 bits per heavy atom. The Kier molecular flexibility index (Phi) is 3.55. The molecule has 1 atom stereocenters. The fraction of sp³-hybridized carbons (Fsp3) is 0.0667. The lowest BCUT2D eigenvalue weighted by Crippen LogP contribution is -2.06. The Bertz CT molecular complexity index is 493. The van der Waals surface area contributed by atoms with E-state index in [2.05, 4.69) is 6.58 Å². The molecule has 0 aliphatic heterocycles. The number of rotatable bonds is 4. The molecule has 0 bridgehead atoms. The van der Waals surface area contributed by atoms with Crippen molar-refractivity contribution in [2.24, 2.45) is 0 Å². The van der Waals surface area contributed by atoms with Crippen molar-refractivity contribution in [1.82, 2.24) is 0 Å². The van der Waals surface area contributed by atoms with E-state index in [0.29, 0.717) is 11.3 Å². The Balaban J connectivity index is 2.24. The smallest absolute Gasteiger partial charge is 0.145 e. The topological polar surface area (TPSA) is 9.23 Å². The third-order valence-corrected chi connectivity index (χ3v) is 2.43. The highest BCUT2D eigenvalue weighted by Crippen LogP contribution is 2.24. The fourth-order valence-electron chi connectivity index (χ4n) is 1.59. The van der Waals surface area contributed by atoms with Crippen LogP contribution in [-0.4, -0.2) is 0 Å². The van der Waals surface area contributed by atoms with Crippen LogP contribution in [0.25, 0.3) is 0 Å². The maximum Gasteiger partial charge on any atom is 0.145 e. The van der Waals surface area contributed by atoms with Crippen LogP contribution >= 0.6 is 0 Å². The fourth-order valence-corrected chi connectivity index (χ4v) is 1.59. The van der Waals surface area contributed by atoms with Crippen LogP contribution in [0.4, 0.5) is 4.39 Å². The zero-order valence-electron chi connectivity index (χ0n) is 9.34. The molecule has 0 saturated heterocycles. The summed E-state index contributed by atoms with van der Waals surface area (Å²) in [5.41, 5.74) is 0.492. The second-order valence-corrected chi connectivity index (χ2v) is 3.61. The van der Waals surface area contributed by atoms with E-state index in [1.807, 2.05) is 30.3 Å². The molecule has 0 amide bonds. The molecule has 0 aliphatic carbocycles. The van der Waals surface area contributed by atoms with E-state index in [4.69, 9.17) is 4.74 Å². The lowest BCUT2D eigenvalue weighted by atomic mass is 10.1. The predicted molar refractivity (Wildman–Crippen MR) is 66.4 cm³/mol. The van der Waals surface area contributed by atoms with Crippen LogP contribution in [-0.2, 0) is 0 Å². The summed E-state index contributed by atoms with van der Waals surface area (Å²) in [6.45, 7) is 3.68. The van der Waals surface area contributed by atoms with Gasteiger partial charge in [0.25, 0.3) is 0 Å². The Morgan fingerprint density at radius 2 is 1.65 bits per heavy atom. The molecule has 2 rings (SSSR count). The highest BCUT2D eigenvalue weighted by Gasteiger charge is 2.13. The van der Waals surface area contributed by atoms with Crippen LogP contribution < -0.4 is 4.74 Å². The third kappa shape index (κ3) is 2.72. The third-order valence-electron chi connectivity index (χ3n) is 2.43. The maximum atomic E-state index is 13.6. The van der Waals surface area contributed by atoms with E-state index >= 15 is 0 Å². The molecule has 1 unspecified atom stereocenters. The normalized spacial score (nSPS) is 11.8. The first-order chi connectivity index (χ1) is 8.31. The summed E-state index contributed by atoms with van der Waals surface area (Å²) in [6, 6.07) is 15.9. The molecule has 0 spiro atoms. The van der Waals surface area contributed by atoms with Gasteiger partial charge < -0.3 is 4.74 Å². The molecule has 0 fully saturated rings. The second kappa shape index (κ2) is 5.30. The van der Waals surface area contributed by atoms with Crippen LogP contribution in [0.5, 0.6) is 5.75 Å². The van der Waals surface area contributed by atoms with Gasteiger partial charge in [-0.25, -0.2) is 4.39 Å². The van der Waals surface area contributed by atoms with Gasteiger partial charge in [0.15, 0.2) is 0 Å². The summed E-state index contributed by atoms with van der Waals surface area (Å²) < 4.78 is 19.3. The molecule has 0 heterocycles. The van der Waals surface area contributed by atoms with Crippen LogP contribution in [0.15, 0.2) is 67.3 Å². The van der Waals surface area contributed by atoms with E-state index in [1.54, 1.807) is 24.3 Å². The van der Waals surface area contributed by atoms with Crippen molar-refractivity contribution >= 4 is 0 Å². The maximum absolute atomic E-state index is 13.6. The highest BCUT2D eigenvalue weighted by molar-refractivity contribution is 5.27. The van der Waals surface area contributed by atoms with Crippen molar-refractivity contribution in [3.63, 3.8) is 0 Å². The molecule has 0 N–H and O–H groups in total. The molecule has 2 heteroatoms. The first-order valence-electron chi connectivity index (χ1n) is 5.40. The number of hydrogen-bond acceptors (Lipinski definition) is 1. The summed E-state index contributed by atoms with van der Waals surface area (Å²) in [5, 5.41) is 0. The molecule has 2 aromatic rings. The van der Waals surface area contributed by atoms with E-state index in [9.17, 15) is 4.39 Å². The Hall–Kier alpha value is -2.09. The molecule has 86 valence electrons. The SMILES string of the molecule is C=CC(Oc1ccccc1)c1ccccc1F. The molecule has 0 aromatic heterocycles. The number of ether oxygens (including phenoxy) is 1. The molecule has 1 nitrogen and oxygen atoms in total. The van der Waals surface area contributed by atoms with Gasteiger partial charge in [0.2, 0.25) is 0 Å². The average molecular weight is 228 g/mol. The van der Waals surface area contributed by atoms with E-state index in [1.165, 1.54) is 6.07 Å². The van der Waals surface area contributed by atoms with Crippen molar-refractivity contribution in [3.05, 3.63) is 78.6 Å². The van der Waals surface area contributed by atoms with Crippen molar-refractivity contribution in [1.29, 1.82) is 0 Å². The summed E-state index contributed by atoms with van der Waals surface area (Å²) >= 11 is 0. The van der Waals surface area contributed by atoms with Crippen LogP contribution in [0.2, 0.25) is 0 Å². The van der Waals surface area contributed by atoms with Gasteiger partial charge in [-0.05, 0) is 24.3 Å². The summed E-state index contributed by atoms with van der Waals surface area (Å²) in [7, 11) is 0. The van der Waals surface area contributed by atoms with Gasteiger partial charge in [-0.2, -0.15) is 0 Å². The van der Waals surface area contributed by atoms with E-state index < -0.39 is 6.10 Å². The van der Waals surface area contributed by atoms with Gasteiger partial charge in [-0.15, -0.1) is 0 Å². The van der Waals surface area contributed by atoms with Crippen LogP contribution in [0.1, 0.15) is 11.7 Å². The standard InChI is InChI=1S/C15H13FO/c1-2-15(13-10-6-7-11-14(13)16)17-12-8-4-3-5-9-12/h2-11,15H,1H2. The molecule has 2 aromatic carbocycles. The van der Waals surface area contributed by atoms with Gasteiger partial charge in [0, 0.05) is 5.56 Å². The Morgan fingerprint density at radius 3 is 2.29 bits per heavy atom. The van der Waals surface area contributed by atoms with Crippen LogP contribution in [0, 0.1) is 5.82 Å². The van der Waals surface area contributed by atoms with Crippen molar-refractivity contribution < 1.29 is 9.13 Å². The van der Waals surface area contributed by atoms with Gasteiger partial charge in [0.1, 0.15) is 17.7 Å². The second-order valence-electron chi connectivity index (χ2n) is 3.61. The summed E-state index contributed by atoms with van der Waals surface area (Å²) in [5.74, 6) is 0.411. The van der Waals surface area contributed by atoms with Gasteiger partial charge >= 0.3 is 0 Å². The largest absolute Gasteiger partial charge is 0.482 e. The summed E-state index contributed by atoms with van der Waals surface area (Å²) in [6.07, 6.45) is 1.12. The minimum atomic E-state index is -0.474. The number of hydrogen-bond donors (Lipinski definition) is 0. The highest BCUT2D eigenvalue weighted by atomic mass is 19.1. The predicted octanol–water partition coefficient (Wildman–Crippen LogP) is 4.13. The first kappa shape index (κ1) is 11.4. The quantitative estimate of drug-likeness (QED) is 0.715. The Labute approximate surface area is 100 Å². The zero-order chi connectivity index (χ0) is 12.1. The number of benzene rings is 2. The minimum absolute atomic E-state index is 0.284. The van der Waals surface area contributed by atoms with Crippen LogP contribution in [0.3, 0.4) is 0 Å². The minimum Gasteiger partial charge on any atom is -0.482 e. The zero-order valence-corrected chi connectivity index (χ0v) is 9.34. The molecular formula is C15H13FO. The first-order valence-corrected chi connectivity index (χ1v) is 5.40. The lowest BCUT2D eigenvalue weighted by Gasteiger charge is -2.16. The average Bonchev–Trinajstić information content (AvgIpc) is 2.38. The molecule has 0 saturated carbocycles. The number of para-hydroxylation sites is 1. The van der Waals surface area contributed by atoms with Gasteiger partial charge in [-0.3, -0.25) is 0 Å². The number of halogens is 1. The van der Waals surface area contributed by atoms with Crippen molar-refractivity contribution in [2.75, 3.05) is 0 Å². The van der Waals surface area contributed by atoms with Gasteiger partial charge in [-0.1, -0.05) is 43.0 Å². The monoisotopic (exact) mass is 228 g/mol. The molecular weight excluding hydrogens is 215 g/mol. The molecule has 17 heavy (non-hydrogen) atoms. The molecule has 0 radical (unpaired) electrons. The van der Waals surface area contributed by atoms with Crippen molar-refractivity contribution in [2.45, 2.75) is 6.10 Å². The van der Waals surface area contributed by atoms with E-state index in [-0.39, 0.29) is 5.82 Å². The van der Waals surface area contributed by atoms with Gasteiger partial charge in [0.05, 0.1) is 0 Å². The van der Waals surface area contributed by atoms with E-state index in [0.717, 1.165) is 0 Å². The molecule has 0 aliphatic rings. The van der Waals surface area contributed by atoms with Crippen molar-refractivity contribution in [3.8, 4) is 5.75 Å². The lowest BCUT2D eigenvalue weighted by molar-refractivity contribution is 0.250.